The number of nitrogens with zero attached hydrogens (tertiary/aromatic N) is 2. The molecular weight excluding hydrogens is 552 g/mol. The minimum absolute atomic E-state index is 0.0138. The first-order valence-electron chi connectivity index (χ1n) is 13.3. The van der Waals surface area contributed by atoms with Crippen molar-refractivity contribution in [2.24, 2.45) is 11.8 Å². The first kappa shape index (κ1) is 28.5. The first-order chi connectivity index (χ1) is 18.3. The van der Waals surface area contributed by atoms with E-state index in [0.717, 1.165) is 12.8 Å². The Bertz CT molecular complexity index is 1070. The van der Waals surface area contributed by atoms with Crippen LogP contribution in [-0.2, 0) is 23.9 Å². The van der Waals surface area contributed by atoms with Crippen molar-refractivity contribution in [2.45, 2.75) is 67.8 Å². The van der Waals surface area contributed by atoms with Gasteiger partial charge in [0.15, 0.2) is 0 Å². The summed E-state index contributed by atoms with van der Waals surface area (Å²) in [6.07, 6.45) is 4.58. The van der Waals surface area contributed by atoms with Gasteiger partial charge in [0, 0.05) is 17.4 Å². The topological polar surface area (TPSA) is 96.4 Å². The summed E-state index contributed by atoms with van der Waals surface area (Å²) >= 11 is 3.67. The number of alkyl halides is 1. The minimum atomic E-state index is -1.24. The second-order valence-electron chi connectivity index (χ2n) is 10.4. The fourth-order valence-corrected chi connectivity index (χ4v) is 7.52. The molecule has 38 heavy (non-hydrogen) atoms. The molecule has 206 valence electrons. The van der Waals surface area contributed by atoms with Crippen LogP contribution in [0.3, 0.4) is 0 Å². The molecular formula is C29H37BrN2O6. The third-order valence-electron chi connectivity index (χ3n) is 8.12. The second-order valence-corrected chi connectivity index (χ2v) is 11.5. The number of rotatable bonds is 12. The zero-order valence-corrected chi connectivity index (χ0v) is 23.6. The van der Waals surface area contributed by atoms with Crippen LogP contribution >= 0.6 is 15.9 Å². The molecule has 0 aromatic heterocycles. The lowest BCUT2D eigenvalue weighted by atomic mass is 9.70. The molecule has 3 aliphatic heterocycles. The fourth-order valence-electron chi connectivity index (χ4n) is 6.58. The Labute approximate surface area is 232 Å². The number of carbonyl (C=O) groups is 3. The van der Waals surface area contributed by atoms with Gasteiger partial charge in [-0.25, -0.2) is 0 Å². The molecule has 0 saturated carbocycles. The van der Waals surface area contributed by atoms with Gasteiger partial charge in [-0.3, -0.25) is 14.4 Å². The van der Waals surface area contributed by atoms with Gasteiger partial charge in [-0.2, -0.15) is 0 Å². The van der Waals surface area contributed by atoms with E-state index >= 15 is 0 Å². The summed E-state index contributed by atoms with van der Waals surface area (Å²) in [5.74, 6) is -2.98. The second kappa shape index (κ2) is 11.7. The predicted octanol–water partition coefficient (Wildman–Crippen LogP) is 3.40. The van der Waals surface area contributed by atoms with Crippen molar-refractivity contribution >= 4 is 33.7 Å². The lowest BCUT2D eigenvalue weighted by Crippen LogP contribution is -2.58. The number of amides is 2. The summed E-state index contributed by atoms with van der Waals surface area (Å²) in [7, 11) is 0. The van der Waals surface area contributed by atoms with E-state index in [1.54, 1.807) is 11.0 Å². The largest absolute Gasteiger partial charge is 0.461 e. The summed E-state index contributed by atoms with van der Waals surface area (Å²) in [6, 6.07) is 7.23. The van der Waals surface area contributed by atoms with E-state index in [-0.39, 0.29) is 35.9 Å². The molecule has 1 aromatic rings. The van der Waals surface area contributed by atoms with E-state index < -0.39 is 41.6 Å². The van der Waals surface area contributed by atoms with E-state index in [4.69, 9.17) is 9.47 Å². The Morgan fingerprint density at radius 2 is 2.03 bits per heavy atom. The molecule has 3 aliphatic rings. The van der Waals surface area contributed by atoms with Gasteiger partial charge >= 0.3 is 5.97 Å². The number of likely N-dealkylation sites (tertiary alicyclic amines) is 1. The Hall–Kier alpha value is -2.49. The molecule has 3 fully saturated rings. The lowest BCUT2D eigenvalue weighted by Gasteiger charge is -2.41. The molecule has 1 aromatic carbocycles. The van der Waals surface area contributed by atoms with Gasteiger partial charge in [0.25, 0.3) is 0 Å². The van der Waals surface area contributed by atoms with Crippen LogP contribution in [0, 0.1) is 11.8 Å². The van der Waals surface area contributed by atoms with Gasteiger partial charge in [0.1, 0.15) is 18.2 Å². The van der Waals surface area contributed by atoms with Crippen LogP contribution in [0.5, 0.6) is 0 Å². The van der Waals surface area contributed by atoms with Gasteiger partial charge in [0.05, 0.1) is 30.6 Å². The molecule has 0 radical (unpaired) electrons. The number of hydrogen-bond donors (Lipinski definition) is 1. The van der Waals surface area contributed by atoms with Crippen LogP contribution in [0.4, 0.5) is 0 Å². The van der Waals surface area contributed by atoms with Crippen molar-refractivity contribution in [1.29, 1.82) is 0 Å². The highest BCUT2D eigenvalue weighted by Gasteiger charge is 2.77. The third kappa shape index (κ3) is 4.62. The maximum Gasteiger partial charge on any atom is 0.312 e. The molecule has 8 nitrogen and oxygen atoms in total. The smallest absolute Gasteiger partial charge is 0.312 e. The summed E-state index contributed by atoms with van der Waals surface area (Å²) in [6.45, 7) is 11.4. The molecule has 4 rings (SSSR count). The third-order valence-corrected chi connectivity index (χ3v) is 8.96. The van der Waals surface area contributed by atoms with E-state index in [1.165, 1.54) is 11.0 Å². The van der Waals surface area contributed by atoms with Crippen molar-refractivity contribution in [3.63, 3.8) is 0 Å². The number of carbonyl (C=O) groups excluding carboxylic acids is 3. The molecule has 0 aliphatic carbocycles. The average molecular weight is 590 g/mol. The molecule has 2 amide bonds. The van der Waals surface area contributed by atoms with E-state index in [0.29, 0.717) is 18.5 Å². The van der Waals surface area contributed by atoms with Gasteiger partial charge in [-0.05, 0) is 25.3 Å². The summed E-state index contributed by atoms with van der Waals surface area (Å²) in [5, 5.41) is 10.6. The number of aliphatic hydroxyl groups excluding tert-OH is 1. The first-order valence-corrected chi connectivity index (χ1v) is 14.2. The number of fused-ring (bicyclic) bond motifs is 1. The van der Waals surface area contributed by atoms with Crippen LogP contribution < -0.4 is 0 Å². The highest BCUT2D eigenvalue weighted by Crippen LogP contribution is 2.61. The fraction of sp³-hybridized carbons (Fsp3) is 0.552. The molecule has 9 heteroatoms. The van der Waals surface area contributed by atoms with Crippen molar-refractivity contribution in [3.05, 3.63) is 61.2 Å². The van der Waals surface area contributed by atoms with Crippen LogP contribution in [-0.4, -0.2) is 81.1 Å². The standard InChI is InChI=1S/C29H37BrN2O6/c1-5-11-18(4)31(14-6-2)27(35)25-29-16-20(30)24(38-29)22(28(36)37-15-7-3)23(29)26(34)32(25)21(17-33)19-12-9-8-10-13-19/h6-10,12-13,18,20-25,33H,2-3,5,11,14-17H2,1,4H3/t18?,20?,21-,22+,23+,24+,25?,29?/m1/s1. The minimum Gasteiger partial charge on any atom is -0.461 e. The number of halogens is 1. The number of aliphatic hydroxyl groups is 1. The van der Waals surface area contributed by atoms with Gasteiger partial charge in [0.2, 0.25) is 11.8 Å². The molecule has 3 heterocycles. The Morgan fingerprint density at radius 3 is 2.63 bits per heavy atom. The molecule has 1 N–H and O–H groups in total. The van der Waals surface area contributed by atoms with Crippen molar-refractivity contribution in [3.8, 4) is 0 Å². The summed E-state index contributed by atoms with van der Waals surface area (Å²) < 4.78 is 12.0. The molecule has 4 unspecified atom stereocenters. The summed E-state index contributed by atoms with van der Waals surface area (Å²) in [5.41, 5.74) is -0.538. The SMILES string of the molecule is C=CCOC(=O)[C@H]1[C@H]2C(=O)N([C@H](CO)c3ccccc3)C(C(=O)N(CC=C)C(C)CCC)C23CC(Br)[C@@H]1O3. The van der Waals surface area contributed by atoms with Crippen LogP contribution in [0.1, 0.15) is 44.7 Å². The molecule has 3 saturated heterocycles. The van der Waals surface area contributed by atoms with Crippen LogP contribution in [0.25, 0.3) is 0 Å². The van der Waals surface area contributed by atoms with Crippen molar-refractivity contribution in [2.75, 3.05) is 19.8 Å². The van der Waals surface area contributed by atoms with Crippen LogP contribution in [0.2, 0.25) is 0 Å². The Kier molecular flexibility index (Phi) is 8.79. The van der Waals surface area contributed by atoms with Crippen LogP contribution in [0.15, 0.2) is 55.6 Å². The normalized spacial score (nSPS) is 31.0. The van der Waals surface area contributed by atoms with Gasteiger partial charge in [-0.1, -0.05) is 78.3 Å². The number of benzene rings is 1. The number of hydrogen-bond acceptors (Lipinski definition) is 6. The van der Waals surface area contributed by atoms with Gasteiger partial charge in [-0.15, -0.1) is 6.58 Å². The van der Waals surface area contributed by atoms with Crippen molar-refractivity contribution < 1.29 is 29.0 Å². The zero-order valence-electron chi connectivity index (χ0n) is 22.0. The number of esters is 1. The van der Waals surface area contributed by atoms with Gasteiger partial charge < -0.3 is 24.4 Å². The Balaban J connectivity index is 1.85. The highest BCUT2D eigenvalue weighted by molar-refractivity contribution is 9.09. The maximum atomic E-state index is 14.5. The van der Waals surface area contributed by atoms with E-state index in [1.807, 2.05) is 37.3 Å². The monoisotopic (exact) mass is 588 g/mol. The average Bonchev–Trinajstić information content (AvgIpc) is 3.50. The lowest BCUT2D eigenvalue weighted by molar-refractivity contribution is -0.156. The summed E-state index contributed by atoms with van der Waals surface area (Å²) in [4.78, 5) is 45.1. The van der Waals surface area contributed by atoms with E-state index in [9.17, 15) is 19.5 Å². The molecule has 2 bridgehead atoms. The maximum absolute atomic E-state index is 14.5. The molecule has 1 spiro atoms. The Morgan fingerprint density at radius 1 is 1.32 bits per heavy atom. The highest BCUT2D eigenvalue weighted by atomic mass is 79.9. The quantitative estimate of drug-likeness (QED) is 0.228. The van der Waals surface area contributed by atoms with Crippen molar-refractivity contribution in [1.82, 2.24) is 9.80 Å². The zero-order chi connectivity index (χ0) is 27.6. The molecule has 8 atom stereocenters. The number of ether oxygens (including phenoxy) is 2. The predicted molar refractivity (Wildman–Crippen MR) is 146 cm³/mol. The van der Waals surface area contributed by atoms with E-state index in [2.05, 4.69) is 36.0 Å².